The lowest BCUT2D eigenvalue weighted by Gasteiger charge is -2.32. The number of halogens is 1. The lowest BCUT2D eigenvalue weighted by atomic mass is 9.96. The highest BCUT2D eigenvalue weighted by molar-refractivity contribution is 7.09. The van der Waals surface area contributed by atoms with E-state index in [4.69, 9.17) is 4.74 Å². The van der Waals surface area contributed by atoms with Crippen molar-refractivity contribution in [3.8, 4) is 0 Å². The second kappa shape index (κ2) is 5.93. The summed E-state index contributed by atoms with van der Waals surface area (Å²) in [4.78, 5) is 6.77. The Balaban J connectivity index is 1.79. The molecule has 1 aliphatic rings. The summed E-state index contributed by atoms with van der Waals surface area (Å²) in [6, 6.07) is 6.79. The van der Waals surface area contributed by atoms with Crippen molar-refractivity contribution in [1.82, 2.24) is 9.36 Å². The number of rotatable bonds is 2. The maximum absolute atomic E-state index is 13.9. The van der Waals surface area contributed by atoms with Gasteiger partial charge in [0.05, 0.1) is 13.2 Å². The third kappa shape index (κ3) is 3.13. The number of benzene rings is 1. The van der Waals surface area contributed by atoms with Gasteiger partial charge in [-0.3, -0.25) is 0 Å². The minimum Gasteiger partial charge on any atom is -0.370 e. The maximum atomic E-state index is 13.9. The summed E-state index contributed by atoms with van der Waals surface area (Å²) >= 11 is 1.40. The summed E-state index contributed by atoms with van der Waals surface area (Å²) < 4.78 is 24.1. The van der Waals surface area contributed by atoms with Crippen LogP contribution >= 0.6 is 11.5 Å². The van der Waals surface area contributed by atoms with Crippen LogP contribution in [0.15, 0.2) is 24.3 Å². The van der Waals surface area contributed by atoms with E-state index in [2.05, 4.69) is 35.0 Å². The van der Waals surface area contributed by atoms with E-state index in [1.165, 1.54) is 17.6 Å². The summed E-state index contributed by atoms with van der Waals surface area (Å²) in [7, 11) is 0. The Morgan fingerprint density at radius 1 is 1.32 bits per heavy atom. The topological polar surface area (TPSA) is 38.2 Å². The normalized spacial score (nSPS) is 19.5. The van der Waals surface area contributed by atoms with Crippen molar-refractivity contribution in [1.29, 1.82) is 0 Å². The van der Waals surface area contributed by atoms with Gasteiger partial charge in [0.2, 0.25) is 5.13 Å². The third-order valence-electron chi connectivity index (χ3n) is 3.68. The molecule has 0 radical (unpaired) electrons. The molecule has 0 saturated carbocycles. The highest BCUT2D eigenvalue weighted by Crippen LogP contribution is 2.30. The van der Waals surface area contributed by atoms with E-state index in [0.29, 0.717) is 18.7 Å². The third-order valence-corrected chi connectivity index (χ3v) is 4.45. The molecule has 3 rings (SSSR count). The molecule has 118 valence electrons. The maximum Gasteiger partial charge on any atom is 0.205 e. The molecule has 1 aromatic heterocycles. The number of aromatic nitrogens is 2. The fraction of sp³-hybridized carbons (Fsp3) is 0.500. The number of nitrogens with zero attached hydrogens (tertiary/aromatic N) is 3. The van der Waals surface area contributed by atoms with Crippen molar-refractivity contribution < 1.29 is 9.13 Å². The van der Waals surface area contributed by atoms with Gasteiger partial charge in [0, 0.05) is 29.1 Å². The van der Waals surface area contributed by atoms with Crippen LogP contribution in [0.4, 0.5) is 9.52 Å². The Morgan fingerprint density at radius 2 is 2.09 bits per heavy atom. The predicted octanol–water partition coefficient (Wildman–Crippen LogP) is 3.55. The number of hydrogen-bond acceptors (Lipinski definition) is 5. The molecular weight excluding hydrogens is 301 g/mol. The first-order valence-corrected chi connectivity index (χ1v) is 8.17. The van der Waals surface area contributed by atoms with Crippen LogP contribution in [0.2, 0.25) is 0 Å². The summed E-state index contributed by atoms with van der Waals surface area (Å²) in [5.41, 5.74) is 0.541. The Hall–Kier alpha value is -1.53. The van der Waals surface area contributed by atoms with Gasteiger partial charge >= 0.3 is 0 Å². The standard InChI is InChI=1S/C16H20FN3OS/c1-16(2,3)14-18-15(22-19-14)20-8-9-21-13(10-20)11-6-4-5-7-12(11)17/h4-7,13H,8-10H2,1-3H3. The minimum absolute atomic E-state index is 0.0635. The average molecular weight is 321 g/mol. The van der Waals surface area contributed by atoms with Gasteiger partial charge in [0.1, 0.15) is 17.7 Å². The highest BCUT2D eigenvalue weighted by atomic mass is 32.1. The van der Waals surface area contributed by atoms with Crippen molar-refractivity contribution in [2.75, 3.05) is 24.6 Å². The van der Waals surface area contributed by atoms with Crippen LogP contribution < -0.4 is 4.90 Å². The fourth-order valence-corrected chi connectivity index (χ4v) is 3.29. The predicted molar refractivity (Wildman–Crippen MR) is 85.9 cm³/mol. The van der Waals surface area contributed by atoms with Gasteiger partial charge in [-0.05, 0) is 6.07 Å². The molecule has 1 unspecified atom stereocenters. The number of hydrogen-bond donors (Lipinski definition) is 0. The second-order valence-electron chi connectivity index (χ2n) is 6.48. The van der Waals surface area contributed by atoms with Crippen LogP contribution in [0, 0.1) is 5.82 Å². The molecular formula is C16H20FN3OS. The quantitative estimate of drug-likeness (QED) is 0.848. The van der Waals surface area contributed by atoms with E-state index in [1.807, 2.05) is 6.07 Å². The molecule has 0 aliphatic carbocycles. The van der Waals surface area contributed by atoms with Crippen molar-refractivity contribution in [3.63, 3.8) is 0 Å². The van der Waals surface area contributed by atoms with E-state index >= 15 is 0 Å². The molecule has 0 spiro atoms. The van der Waals surface area contributed by atoms with Gasteiger partial charge in [-0.25, -0.2) is 9.37 Å². The Labute approximate surface area is 134 Å². The van der Waals surface area contributed by atoms with E-state index < -0.39 is 0 Å². The number of anilines is 1. The smallest absolute Gasteiger partial charge is 0.205 e. The van der Waals surface area contributed by atoms with Crippen LogP contribution in [0.1, 0.15) is 38.3 Å². The van der Waals surface area contributed by atoms with Gasteiger partial charge in [-0.1, -0.05) is 39.0 Å². The van der Waals surface area contributed by atoms with Gasteiger partial charge in [0.15, 0.2) is 0 Å². The summed E-state index contributed by atoms with van der Waals surface area (Å²) in [5.74, 6) is 0.628. The van der Waals surface area contributed by atoms with Crippen LogP contribution in [-0.2, 0) is 10.2 Å². The van der Waals surface area contributed by atoms with Crippen molar-refractivity contribution >= 4 is 16.7 Å². The second-order valence-corrected chi connectivity index (χ2v) is 7.21. The molecule has 1 aromatic carbocycles. The van der Waals surface area contributed by atoms with E-state index in [9.17, 15) is 4.39 Å². The first kappa shape index (κ1) is 15.4. The van der Waals surface area contributed by atoms with Crippen LogP contribution in [0.5, 0.6) is 0 Å². The number of ether oxygens (including phenoxy) is 1. The molecule has 6 heteroatoms. The van der Waals surface area contributed by atoms with Crippen molar-refractivity contribution in [2.45, 2.75) is 32.3 Å². The summed E-state index contributed by atoms with van der Waals surface area (Å²) in [5, 5.41) is 0.884. The van der Waals surface area contributed by atoms with Crippen LogP contribution in [-0.4, -0.2) is 29.1 Å². The molecule has 1 atom stereocenters. The zero-order valence-electron chi connectivity index (χ0n) is 13.0. The molecule has 2 aromatic rings. The highest BCUT2D eigenvalue weighted by Gasteiger charge is 2.27. The minimum atomic E-state index is -0.267. The average Bonchev–Trinajstić information content (AvgIpc) is 2.98. The van der Waals surface area contributed by atoms with E-state index in [0.717, 1.165) is 17.5 Å². The zero-order chi connectivity index (χ0) is 15.7. The first-order valence-electron chi connectivity index (χ1n) is 7.40. The lowest BCUT2D eigenvalue weighted by Crippen LogP contribution is -2.38. The number of morpholine rings is 1. The molecule has 0 N–H and O–H groups in total. The SMILES string of the molecule is CC(C)(C)c1nsc(N2CCOC(c3ccccc3F)C2)n1. The first-order chi connectivity index (χ1) is 10.4. The Kier molecular flexibility index (Phi) is 4.14. The van der Waals surface area contributed by atoms with Gasteiger partial charge in [-0.2, -0.15) is 4.37 Å². The van der Waals surface area contributed by atoms with Crippen molar-refractivity contribution in [3.05, 3.63) is 41.5 Å². The molecule has 4 nitrogen and oxygen atoms in total. The van der Waals surface area contributed by atoms with E-state index in [-0.39, 0.29) is 17.3 Å². The van der Waals surface area contributed by atoms with Gasteiger partial charge < -0.3 is 9.64 Å². The summed E-state index contributed by atoms with van der Waals surface area (Å²) in [6.45, 7) is 8.20. The van der Waals surface area contributed by atoms with Gasteiger partial charge in [0.25, 0.3) is 0 Å². The van der Waals surface area contributed by atoms with Crippen LogP contribution in [0.25, 0.3) is 0 Å². The van der Waals surface area contributed by atoms with Crippen molar-refractivity contribution in [2.24, 2.45) is 0 Å². The Morgan fingerprint density at radius 3 is 2.77 bits per heavy atom. The van der Waals surface area contributed by atoms with Gasteiger partial charge in [-0.15, -0.1) is 0 Å². The summed E-state index contributed by atoms with van der Waals surface area (Å²) in [6.07, 6.45) is -0.267. The molecule has 22 heavy (non-hydrogen) atoms. The largest absolute Gasteiger partial charge is 0.370 e. The monoisotopic (exact) mass is 321 g/mol. The Bertz CT molecular complexity index is 653. The zero-order valence-corrected chi connectivity index (χ0v) is 13.9. The molecule has 1 saturated heterocycles. The molecule has 2 heterocycles. The molecule has 1 fully saturated rings. The molecule has 1 aliphatic heterocycles. The fourth-order valence-electron chi connectivity index (χ4n) is 2.40. The van der Waals surface area contributed by atoms with Crippen LogP contribution in [0.3, 0.4) is 0 Å². The lowest BCUT2D eigenvalue weighted by molar-refractivity contribution is 0.0375. The van der Waals surface area contributed by atoms with E-state index in [1.54, 1.807) is 12.1 Å². The molecule has 0 amide bonds. The molecule has 0 bridgehead atoms.